The molecule has 2 aliphatic carbocycles. The molecule has 102 valence electrons. The van der Waals surface area contributed by atoms with Crippen molar-refractivity contribution < 1.29 is 0 Å². The highest BCUT2D eigenvalue weighted by atomic mass is 32.2. The van der Waals surface area contributed by atoms with Gasteiger partial charge in [0.15, 0.2) is 0 Å². The zero-order valence-corrected chi connectivity index (χ0v) is 12.3. The molecule has 2 heteroatoms. The van der Waals surface area contributed by atoms with Crippen molar-refractivity contribution in [2.75, 3.05) is 0 Å². The van der Waals surface area contributed by atoms with Crippen LogP contribution in [0.5, 0.6) is 0 Å². The summed E-state index contributed by atoms with van der Waals surface area (Å²) in [6.45, 7) is 0. The lowest BCUT2D eigenvalue weighted by molar-refractivity contribution is 0.474. The Kier molecular flexibility index (Phi) is 4.49. The number of allylic oxidation sites excluding steroid dienone is 6. The molecule has 1 N–H and O–H groups in total. The van der Waals surface area contributed by atoms with E-state index < -0.39 is 0 Å². The van der Waals surface area contributed by atoms with Crippen molar-refractivity contribution in [3.63, 3.8) is 0 Å². The van der Waals surface area contributed by atoms with E-state index in [1.807, 2.05) is 0 Å². The third-order valence-corrected chi connectivity index (χ3v) is 5.51. The third kappa shape index (κ3) is 3.79. The minimum Gasteiger partial charge on any atom is -0.382 e. The molecule has 0 saturated heterocycles. The maximum atomic E-state index is 3.75. The minimum absolute atomic E-state index is 0.662. The van der Waals surface area contributed by atoms with Crippen molar-refractivity contribution in [1.82, 2.24) is 5.32 Å². The van der Waals surface area contributed by atoms with E-state index in [-0.39, 0.29) is 0 Å². The van der Waals surface area contributed by atoms with Gasteiger partial charge in [0.1, 0.15) is 0 Å². The summed E-state index contributed by atoms with van der Waals surface area (Å²) in [4.78, 5) is 1.41. The highest BCUT2D eigenvalue weighted by Gasteiger charge is 2.18. The van der Waals surface area contributed by atoms with E-state index >= 15 is 0 Å². The number of rotatable bonds is 0. The van der Waals surface area contributed by atoms with E-state index in [2.05, 4.69) is 53.5 Å². The molecular weight excluding hydrogens is 250 g/mol. The molecule has 0 amide bonds. The van der Waals surface area contributed by atoms with Crippen molar-refractivity contribution in [3.05, 3.63) is 47.1 Å². The largest absolute Gasteiger partial charge is 0.382 e. The van der Waals surface area contributed by atoms with Gasteiger partial charge in [0, 0.05) is 21.9 Å². The van der Waals surface area contributed by atoms with Crippen LogP contribution < -0.4 is 5.32 Å². The molecule has 0 aromatic rings. The molecule has 2 atom stereocenters. The molecule has 1 heterocycles. The second kappa shape index (κ2) is 6.51. The topological polar surface area (TPSA) is 12.0 Å². The zero-order chi connectivity index (χ0) is 12.9. The highest BCUT2D eigenvalue weighted by Crippen LogP contribution is 2.33. The van der Waals surface area contributed by atoms with E-state index in [1.54, 1.807) is 0 Å². The van der Waals surface area contributed by atoms with Gasteiger partial charge in [0.2, 0.25) is 0 Å². The van der Waals surface area contributed by atoms with E-state index in [1.165, 1.54) is 55.5 Å². The summed E-state index contributed by atoms with van der Waals surface area (Å²) in [6, 6.07) is 0.662. The van der Waals surface area contributed by atoms with Crippen molar-refractivity contribution in [1.29, 1.82) is 0 Å². The van der Waals surface area contributed by atoms with Gasteiger partial charge < -0.3 is 5.32 Å². The maximum Gasteiger partial charge on any atom is 0.0342 e. The number of hydrogen-bond donors (Lipinski definition) is 1. The Hall–Kier alpha value is -0.890. The summed E-state index contributed by atoms with van der Waals surface area (Å²) >= 11 is 2.09. The quantitative estimate of drug-likeness (QED) is 0.686. The van der Waals surface area contributed by atoms with E-state index in [4.69, 9.17) is 0 Å². The van der Waals surface area contributed by atoms with Gasteiger partial charge in [-0.05, 0) is 50.0 Å². The minimum atomic E-state index is 0.662. The molecule has 2 unspecified atom stereocenters. The van der Waals surface area contributed by atoms with Crippen LogP contribution in [-0.4, -0.2) is 11.3 Å². The van der Waals surface area contributed by atoms with Gasteiger partial charge in [0.05, 0.1) is 0 Å². The lowest BCUT2D eigenvalue weighted by atomic mass is 10.0. The molecule has 1 saturated carbocycles. The number of thioether (sulfide) groups is 1. The van der Waals surface area contributed by atoms with Gasteiger partial charge in [-0.25, -0.2) is 0 Å². The fraction of sp³-hybridized carbons (Fsp3) is 0.529. The average Bonchev–Trinajstić information content (AvgIpc) is 2.50. The van der Waals surface area contributed by atoms with Crippen LogP contribution in [-0.2, 0) is 0 Å². The van der Waals surface area contributed by atoms with E-state index in [9.17, 15) is 0 Å². The Bertz CT molecular complexity index is 391. The van der Waals surface area contributed by atoms with Gasteiger partial charge in [-0.1, -0.05) is 31.4 Å². The summed E-state index contributed by atoms with van der Waals surface area (Å²) in [5, 5.41) is 4.55. The fourth-order valence-electron chi connectivity index (χ4n) is 3.07. The van der Waals surface area contributed by atoms with Gasteiger partial charge >= 0.3 is 0 Å². The first kappa shape index (κ1) is 13.1. The van der Waals surface area contributed by atoms with Crippen LogP contribution in [0.2, 0.25) is 0 Å². The molecule has 0 spiro atoms. The van der Waals surface area contributed by atoms with Crippen molar-refractivity contribution in [3.8, 4) is 0 Å². The molecule has 1 aliphatic heterocycles. The first-order valence-electron chi connectivity index (χ1n) is 7.60. The van der Waals surface area contributed by atoms with Crippen molar-refractivity contribution >= 4 is 11.8 Å². The normalized spacial score (nSPS) is 40.0. The van der Waals surface area contributed by atoms with Crippen LogP contribution in [0.15, 0.2) is 47.1 Å². The van der Waals surface area contributed by atoms with Crippen molar-refractivity contribution in [2.45, 2.75) is 56.2 Å². The first-order valence-corrected chi connectivity index (χ1v) is 8.48. The monoisotopic (exact) mass is 273 g/mol. The van der Waals surface area contributed by atoms with Crippen molar-refractivity contribution in [2.24, 2.45) is 0 Å². The van der Waals surface area contributed by atoms with Gasteiger partial charge in [-0.15, -0.1) is 11.8 Å². The van der Waals surface area contributed by atoms with Crippen LogP contribution in [0, 0.1) is 0 Å². The predicted octanol–water partition coefficient (Wildman–Crippen LogP) is 4.70. The zero-order valence-electron chi connectivity index (χ0n) is 11.5. The highest BCUT2D eigenvalue weighted by molar-refractivity contribution is 8.03. The van der Waals surface area contributed by atoms with Crippen LogP contribution in [0.3, 0.4) is 0 Å². The number of fused-ring (bicyclic) bond motifs is 4. The Morgan fingerprint density at radius 3 is 2.79 bits per heavy atom. The van der Waals surface area contributed by atoms with Gasteiger partial charge in [-0.3, -0.25) is 0 Å². The molecule has 3 aliphatic rings. The number of nitrogens with one attached hydrogen (secondary N) is 1. The maximum absolute atomic E-state index is 3.75. The summed E-state index contributed by atoms with van der Waals surface area (Å²) in [5.74, 6) is 0. The third-order valence-electron chi connectivity index (χ3n) is 4.16. The summed E-state index contributed by atoms with van der Waals surface area (Å²) in [6.07, 6.45) is 22.9. The average molecular weight is 273 g/mol. The Morgan fingerprint density at radius 2 is 1.79 bits per heavy atom. The Labute approximate surface area is 120 Å². The van der Waals surface area contributed by atoms with Crippen LogP contribution in [0.1, 0.15) is 44.9 Å². The first-order chi connectivity index (χ1) is 9.40. The van der Waals surface area contributed by atoms with Gasteiger partial charge in [-0.2, -0.15) is 0 Å². The van der Waals surface area contributed by atoms with Gasteiger partial charge in [0.25, 0.3) is 0 Å². The molecule has 0 radical (unpaired) electrons. The van der Waals surface area contributed by atoms with Crippen LogP contribution >= 0.6 is 11.8 Å². The molecule has 3 rings (SSSR count). The SMILES string of the molecule is C1=C\C2=C/C=C(\C=C/1)SC1CCCCCC(CC1)N2. The molecule has 0 aromatic heterocycles. The summed E-state index contributed by atoms with van der Waals surface area (Å²) in [5.41, 5.74) is 1.27. The van der Waals surface area contributed by atoms with E-state index in [0.29, 0.717) is 6.04 Å². The standard InChI is InChI=1S/C17H23NS/c1-2-6-14-10-12-16(8-3-1)19-17-9-5-4-7-15(18-14)11-13-17/h4-5,7,9,11,13-14,16,18H,1-3,6,8,10,12H2/b5-4?,7-4-,9-5-,13-11?,15-7?,15-11+,17-9?,17-13+. The summed E-state index contributed by atoms with van der Waals surface area (Å²) in [7, 11) is 0. The molecule has 4 bridgehead atoms. The predicted molar refractivity (Wildman–Crippen MR) is 85.1 cm³/mol. The molecule has 0 aromatic carbocycles. The molecule has 19 heavy (non-hydrogen) atoms. The van der Waals surface area contributed by atoms with E-state index in [0.717, 1.165) is 5.25 Å². The molecular formula is C17H23NS. The lowest BCUT2D eigenvalue weighted by Gasteiger charge is -2.24. The smallest absolute Gasteiger partial charge is 0.0342 e. The second-order valence-corrected chi connectivity index (χ2v) is 7.08. The Balaban J connectivity index is 1.88. The molecule has 1 nitrogen and oxygen atoms in total. The summed E-state index contributed by atoms with van der Waals surface area (Å²) < 4.78 is 0. The van der Waals surface area contributed by atoms with Crippen LogP contribution in [0.4, 0.5) is 0 Å². The second-order valence-electron chi connectivity index (χ2n) is 5.71. The Morgan fingerprint density at radius 1 is 0.895 bits per heavy atom. The molecule has 1 fully saturated rings. The van der Waals surface area contributed by atoms with Crippen LogP contribution in [0.25, 0.3) is 0 Å². The lowest BCUT2D eigenvalue weighted by Crippen LogP contribution is -2.28. The fourth-order valence-corrected chi connectivity index (χ4v) is 4.30. The number of hydrogen-bond acceptors (Lipinski definition) is 2.